The predicted molar refractivity (Wildman–Crippen MR) is 160 cm³/mol. The molecule has 2 heterocycles. The second kappa shape index (κ2) is 10.3. The van der Waals surface area contributed by atoms with Gasteiger partial charge in [-0.2, -0.15) is 0 Å². The molecule has 4 N–H and O–H groups in total. The number of rotatable bonds is 7. The van der Waals surface area contributed by atoms with E-state index in [9.17, 15) is 19.8 Å². The number of aliphatic carboxylic acids is 2. The van der Waals surface area contributed by atoms with Crippen LogP contribution in [-0.4, -0.2) is 44.3 Å². The highest BCUT2D eigenvalue weighted by Crippen LogP contribution is 2.49. The van der Waals surface area contributed by atoms with Crippen molar-refractivity contribution in [2.45, 2.75) is 127 Å². The Morgan fingerprint density at radius 1 is 0.700 bits per heavy atom. The summed E-state index contributed by atoms with van der Waals surface area (Å²) in [6.45, 7) is 17.6. The first kappa shape index (κ1) is 30.3. The summed E-state index contributed by atoms with van der Waals surface area (Å²) in [4.78, 5) is 26.5. The van der Waals surface area contributed by atoms with Gasteiger partial charge in [-0.25, -0.2) is 0 Å². The van der Waals surface area contributed by atoms with Crippen LogP contribution in [0.4, 0.5) is 0 Å². The van der Waals surface area contributed by atoms with Crippen molar-refractivity contribution in [3.8, 4) is 0 Å². The van der Waals surface area contributed by atoms with Crippen LogP contribution in [-0.2, 0) is 21.4 Å². The molecule has 6 heteroatoms. The molecule has 0 saturated carbocycles. The van der Waals surface area contributed by atoms with Crippen molar-refractivity contribution in [1.29, 1.82) is 0 Å². The summed E-state index contributed by atoms with van der Waals surface area (Å²) in [6.07, 6.45) is 3.24. The molecular formula is C34H48N2O4. The molecule has 2 aliphatic rings. The molecular weight excluding hydrogens is 500 g/mol. The first-order chi connectivity index (χ1) is 18.4. The van der Waals surface area contributed by atoms with Crippen molar-refractivity contribution in [3.63, 3.8) is 0 Å². The van der Waals surface area contributed by atoms with E-state index < -0.39 is 17.4 Å². The van der Waals surface area contributed by atoms with Gasteiger partial charge in [-0.05, 0) is 115 Å². The average Bonchev–Trinajstić information content (AvgIpc) is 2.78. The quantitative estimate of drug-likeness (QED) is 0.300. The van der Waals surface area contributed by atoms with E-state index in [0.29, 0.717) is 11.1 Å². The molecule has 0 bridgehead atoms. The topological polar surface area (TPSA) is 98.7 Å². The summed E-state index contributed by atoms with van der Waals surface area (Å²) in [7, 11) is 0. The van der Waals surface area contributed by atoms with E-state index in [2.05, 4.69) is 72.1 Å². The first-order valence-electron chi connectivity index (χ1n) is 14.6. The molecule has 0 aliphatic carbocycles. The molecule has 0 unspecified atom stereocenters. The van der Waals surface area contributed by atoms with Crippen molar-refractivity contribution in [2.24, 2.45) is 0 Å². The van der Waals surface area contributed by atoms with Crippen LogP contribution in [0.15, 0.2) is 48.5 Å². The Morgan fingerprint density at radius 3 is 1.60 bits per heavy atom. The van der Waals surface area contributed by atoms with Gasteiger partial charge < -0.3 is 20.8 Å². The van der Waals surface area contributed by atoms with Crippen LogP contribution < -0.4 is 10.6 Å². The second-order valence-corrected chi connectivity index (χ2v) is 15.0. The summed E-state index contributed by atoms with van der Waals surface area (Å²) in [6, 6.07) is 15.0. The molecule has 2 aromatic rings. The Labute approximate surface area is 240 Å². The lowest BCUT2D eigenvalue weighted by Gasteiger charge is -2.50. The summed E-state index contributed by atoms with van der Waals surface area (Å²) in [5.74, 6) is -2.46. The van der Waals surface area contributed by atoms with Gasteiger partial charge in [0, 0.05) is 28.6 Å². The third-order valence-electron chi connectivity index (χ3n) is 8.87. The van der Waals surface area contributed by atoms with Gasteiger partial charge in [0.25, 0.3) is 0 Å². The van der Waals surface area contributed by atoms with Crippen molar-refractivity contribution in [2.75, 3.05) is 0 Å². The molecule has 2 aliphatic heterocycles. The Kier molecular flexibility index (Phi) is 7.79. The van der Waals surface area contributed by atoms with Gasteiger partial charge in [-0.3, -0.25) is 9.59 Å². The molecule has 2 fully saturated rings. The second-order valence-electron chi connectivity index (χ2n) is 15.0. The van der Waals surface area contributed by atoms with Crippen LogP contribution in [0.1, 0.15) is 115 Å². The maximum atomic E-state index is 13.2. The minimum absolute atomic E-state index is 0.00686. The Morgan fingerprint density at radius 2 is 1.15 bits per heavy atom. The van der Waals surface area contributed by atoms with E-state index in [1.807, 2.05) is 36.4 Å². The van der Waals surface area contributed by atoms with Gasteiger partial charge in [0.05, 0.1) is 0 Å². The number of nitrogens with one attached hydrogen (secondary N) is 2. The molecule has 2 saturated heterocycles. The SMILES string of the molecule is CC1(C)CC(c2cccc(C(Cc3ccccc3)(C(=O)O)C(=O)O)c2C2CC(C)(C)NC(C)(C)C2)CC(C)(C)N1. The van der Waals surface area contributed by atoms with E-state index in [4.69, 9.17) is 0 Å². The highest BCUT2D eigenvalue weighted by atomic mass is 16.4. The molecule has 2 aromatic carbocycles. The summed E-state index contributed by atoms with van der Waals surface area (Å²) < 4.78 is 0. The highest BCUT2D eigenvalue weighted by Gasteiger charge is 2.52. The van der Waals surface area contributed by atoms with Crippen LogP contribution >= 0.6 is 0 Å². The Hall–Kier alpha value is -2.70. The number of benzene rings is 2. The largest absolute Gasteiger partial charge is 0.480 e. The predicted octanol–water partition coefficient (Wildman–Crippen LogP) is 6.38. The Bertz CT molecular complexity index is 1220. The minimum atomic E-state index is -2.11. The van der Waals surface area contributed by atoms with Crippen LogP contribution in [0, 0.1) is 0 Å². The summed E-state index contributed by atoms with van der Waals surface area (Å²) in [5, 5.41) is 29.1. The van der Waals surface area contributed by atoms with Gasteiger partial charge in [-0.15, -0.1) is 0 Å². The minimum Gasteiger partial charge on any atom is -0.480 e. The van der Waals surface area contributed by atoms with E-state index >= 15 is 0 Å². The van der Waals surface area contributed by atoms with Crippen LogP contribution in [0.25, 0.3) is 0 Å². The van der Waals surface area contributed by atoms with Gasteiger partial charge in [-0.1, -0.05) is 48.5 Å². The molecule has 0 atom stereocenters. The lowest BCUT2D eigenvalue weighted by molar-refractivity contribution is -0.157. The third kappa shape index (κ3) is 6.13. The zero-order valence-corrected chi connectivity index (χ0v) is 25.5. The normalized spacial score (nSPS) is 22.5. The van der Waals surface area contributed by atoms with Crippen molar-refractivity contribution in [3.05, 3.63) is 70.8 Å². The smallest absolute Gasteiger partial charge is 0.325 e. The first-order valence-corrected chi connectivity index (χ1v) is 14.6. The van der Waals surface area contributed by atoms with Crippen LogP contribution in [0.5, 0.6) is 0 Å². The van der Waals surface area contributed by atoms with Crippen molar-refractivity contribution < 1.29 is 19.8 Å². The highest BCUT2D eigenvalue weighted by molar-refractivity contribution is 6.05. The number of carboxylic acids is 2. The van der Waals surface area contributed by atoms with E-state index in [1.165, 1.54) is 0 Å². The summed E-state index contributed by atoms with van der Waals surface area (Å²) >= 11 is 0. The third-order valence-corrected chi connectivity index (χ3v) is 8.87. The van der Waals surface area contributed by atoms with Gasteiger partial charge in [0.15, 0.2) is 5.41 Å². The molecule has 218 valence electrons. The van der Waals surface area contributed by atoms with Crippen molar-refractivity contribution in [1.82, 2.24) is 10.6 Å². The fourth-order valence-corrected chi connectivity index (χ4v) is 8.31. The van der Waals surface area contributed by atoms with E-state index in [0.717, 1.165) is 36.8 Å². The van der Waals surface area contributed by atoms with Crippen LogP contribution in [0.3, 0.4) is 0 Å². The lowest BCUT2D eigenvalue weighted by Crippen LogP contribution is -2.58. The van der Waals surface area contributed by atoms with Crippen LogP contribution in [0.2, 0.25) is 0 Å². The maximum Gasteiger partial charge on any atom is 0.325 e. The molecule has 0 amide bonds. The van der Waals surface area contributed by atoms with Gasteiger partial charge >= 0.3 is 11.9 Å². The number of carbonyl (C=O) groups is 2. The standard InChI is InChI=1S/C34H48N2O4/c1-30(2)18-23(19-31(3,4)35-30)25-15-12-16-26(27(25)24-20-32(5,6)36-33(7,8)21-24)34(28(37)38,29(39)40)17-22-13-10-9-11-14-22/h9-16,23-24,35-36H,17-21H2,1-8H3,(H,37,38)(H,39,40). The fraction of sp³-hybridized carbons (Fsp3) is 0.588. The molecule has 40 heavy (non-hydrogen) atoms. The number of piperidine rings is 2. The molecule has 0 aromatic heterocycles. The van der Waals surface area contributed by atoms with E-state index in [1.54, 1.807) is 6.07 Å². The molecule has 0 spiro atoms. The number of carboxylic acid groups (broad SMARTS) is 2. The van der Waals surface area contributed by atoms with E-state index in [-0.39, 0.29) is 40.4 Å². The van der Waals surface area contributed by atoms with Gasteiger partial charge in [0.2, 0.25) is 0 Å². The fourth-order valence-electron chi connectivity index (χ4n) is 8.31. The molecule has 4 rings (SSSR count). The molecule has 0 radical (unpaired) electrons. The monoisotopic (exact) mass is 548 g/mol. The van der Waals surface area contributed by atoms with Crippen molar-refractivity contribution >= 4 is 11.9 Å². The summed E-state index contributed by atoms with van der Waals surface area (Å²) in [5.41, 5.74) is 0.433. The zero-order valence-electron chi connectivity index (χ0n) is 25.5. The lowest BCUT2D eigenvalue weighted by atomic mass is 9.63. The zero-order chi connectivity index (χ0) is 29.7. The maximum absolute atomic E-state index is 13.2. The van der Waals surface area contributed by atoms with Gasteiger partial charge in [0.1, 0.15) is 0 Å². The molecule has 6 nitrogen and oxygen atoms in total. The average molecular weight is 549 g/mol. The number of hydrogen-bond donors (Lipinski definition) is 4. The Balaban J connectivity index is 2.02. The number of hydrogen-bond acceptors (Lipinski definition) is 4.